The predicted molar refractivity (Wildman–Crippen MR) is 231 cm³/mol. The summed E-state index contributed by atoms with van der Waals surface area (Å²) in [5.41, 5.74) is 0. The first-order valence-corrected chi connectivity index (χ1v) is 25.9. The monoisotopic (exact) mass is 1010 g/mol. The number of hydrogen-bond acceptors (Lipinski definition) is 12. The van der Waals surface area contributed by atoms with Gasteiger partial charge in [-0.05, 0) is 53.3 Å². The van der Waals surface area contributed by atoms with Gasteiger partial charge in [-0.1, -0.05) is 125 Å². The molecule has 0 aliphatic carbocycles. The van der Waals surface area contributed by atoms with E-state index in [1.807, 2.05) is 0 Å². The summed E-state index contributed by atoms with van der Waals surface area (Å²) in [6.45, 7) is 39.1. The van der Waals surface area contributed by atoms with Crippen molar-refractivity contribution >= 4 is 21.4 Å². The van der Waals surface area contributed by atoms with Crippen LogP contribution in [0.25, 0.3) is 0 Å². The molecule has 0 saturated heterocycles. The molecule has 0 aromatic rings. The van der Waals surface area contributed by atoms with Crippen LogP contribution in [0.3, 0.4) is 0 Å². The van der Waals surface area contributed by atoms with Crippen molar-refractivity contribution in [2.45, 2.75) is 125 Å². The average molecular weight is 1010 g/mol. The van der Waals surface area contributed by atoms with Crippen LogP contribution >= 0.6 is 21.4 Å². The van der Waals surface area contributed by atoms with E-state index in [1.54, 1.807) is 0 Å². The molecule has 0 aliphatic heterocycles. The summed E-state index contributed by atoms with van der Waals surface area (Å²) in [5, 5.41) is 44.2. The molecule has 0 saturated carbocycles. The van der Waals surface area contributed by atoms with Gasteiger partial charge in [-0.15, -0.1) is 0 Å². The molecule has 0 rings (SSSR count). The van der Waals surface area contributed by atoms with E-state index in [9.17, 15) is 13.7 Å². The number of hydrogen-bond donors (Lipinski definition) is 0. The molecule has 0 aromatic heterocycles. The van der Waals surface area contributed by atoms with Gasteiger partial charge in [-0.25, -0.2) is 0 Å². The standard InChI is InChI=1S/3C12H27OP.Ho.3NO3/c3*1-10(2)7-14(13,8-11(3)4)9-12(5)6;;3*2-1(3)4/h3*10-12H,7-9H2,1-6H3;;;;/q;;;+3;3*-1. The van der Waals surface area contributed by atoms with Crippen LogP contribution in [0.15, 0.2) is 0 Å². The third-order valence-electron chi connectivity index (χ3n) is 6.28. The number of nitrogens with zero attached hydrogens (tertiary/aromatic N) is 3. The molecule has 15 nitrogen and oxygen atoms in total. The maximum absolute atomic E-state index is 12.6. The smallest absolute Gasteiger partial charge is 0.356 e. The van der Waals surface area contributed by atoms with Crippen molar-refractivity contribution in [2.24, 2.45) is 53.3 Å². The van der Waals surface area contributed by atoms with Gasteiger partial charge in [0.1, 0.15) is 0 Å². The maximum atomic E-state index is 12.6. The Morgan fingerprint density at radius 2 is 0.345 bits per heavy atom. The van der Waals surface area contributed by atoms with Crippen LogP contribution in [0, 0.1) is 137 Å². The molecule has 19 heteroatoms. The SMILES string of the molecule is CC(C)CP(=O)(CC(C)C)CC(C)C.CC(C)CP(=O)(CC(C)C)CC(C)C.CC(C)CP(=O)(CC(C)C)CC(C)C.O=[N+]([O-])[O-].O=[N+]([O-])[O-].O=[N+]([O-])[O-].[Ho+3]. The molecule has 338 valence electrons. The van der Waals surface area contributed by atoms with Gasteiger partial charge < -0.3 is 59.7 Å². The Hall–Kier alpha value is -0.450. The summed E-state index contributed by atoms with van der Waals surface area (Å²) >= 11 is 0. The third kappa shape index (κ3) is 71.7. The van der Waals surface area contributed by atoms with Gasteiger partial charge in [0, 0.05) is 55.5 Å². The van der Waals surface area contributed by atoms with Crippen LogP contribution in [0.1, 0.15) is 125 Å². The molecule has 0 N–H and O–H groups in total. The number of rotatable bonds is 18. The topological polar surface area (TPSA) is 250 Å². The minimum absolute atomic E-state index is 0. The molecule has 0 heterocycles. The molecule has 0 fully saturated rings. The summed E-state index contributed by atoms with van der Waals surface area (Å²) in [6, 6.07) is 0. The van der Waals surface area contributed by atoms with Crippen LogP contribution in [0.4, 0.5) is 0 Å². The Kier molecular flexibility index (Phi) is 47.5. The van der Waals surface area contributed by atoms with Gasteiger partial charge in [-0.2, -0.15) is 0 Å². The van der Waals surface area contributed by atoms with Crippen molar-refractivity contribution in [2.75, 3.05) is 55.5 Å². The summed E-state index contributed by atoms with van der Waals surface area (Å²) in [6.07, 6.45) is 8.41. The van der Waals surface area contributed by atoms with Gasteiger partial charge in [0.2, 0.25) is 0 Å². The second-order valence-electron chi connectivity index (χ2n) is 18.0. The average Bonchev–Trinajstić information content (AvgIpc) is 2.77. The minimum Gasteiger partial charge on any atom is -0.356 e. The van der Waals surface area contributed by atoms with Crippen LogP contribution < -0.4 is 0 Å². The van der Waals surface area contributed by atoms with E-state index in [-0.39, 0.29) is 37.7 Å². The molecule has 0 bridgehead atoms. The quantitative estimate of drug-likeness (QED) is 0.0538. The Morgan fingerprint density at radius 1 is 0.291 bits per heavy atom. The maximum Gasteiger partial charge on any atom is 3.00 e. The van der Waals surface area contributed by atoms with E-state index >= 15 is 0 Å². The minimum atomic E-state index is -1.89. The Labute approximate surface area is 365 Å². The zero-order valence-corrected chi connectivity index (χ0v) is 42.1. The summed E-state index contributed by atoms with van der Waals surface area (Å²) < 4.78 is 37.9. The van der Waals surface area contributed by atoms with Crippen molar-refractivity contribution in [3.8, 4) is 0 Å². The fraction of sp³-hybridized carbons (Fsp3) is 1.00. The normalized spacial score (nSPS) is 11.4. The first-order valence-electron chi connectivity index (χ1n) is 19.1. The summed E-state index contributed by atoms with van der Waals surface area (Å²) in [5.74, 6) is 5.11. The van der Waals surface area contributed by atoms with Crippen molar-refractivity contribution < 1.29 is 66.7 Å². The van der Waals surface area contributed by atoms with E-state index in [0.29, 0.717) is 53.3 Å². The zero-order valence-electron chi connectivity index (χ0n) is 37.4. The fourth-order valence-corrected chi connectivity index (χ4v) is 20.0. The van der Waals surface area contributed by atoms with Crippen molar-refractivity contribution in [1.82, 2.24) is 0 Å². The Morgan fingerprint density at radius 3 is 0.382 bits per heavy atom. The zero-order chi connectivity index (χ0) is 44.8. The van der Waals surface area contributed by atoms with Gasteiger partial charge in [-0.3, -0.25) is 0 Å². The van der Waals surface area contributed by atoms with Crippen LogP contribution in [0.2, 0.25) is 0 Å². The van der Waals surface area contributed by atoms with Gasteiger partial charge >= 0.3 is 37.7 Å². The van der Waals surface area contributed by atoms with E-state index in [2.05, 4.69) is 125 Å². The van der Waals surface area contributed by atoms with Crippen LogP contribution in [-0.4, -0.2) is 70.7 Å². The van der Waals surface area contributed by atoms with Gasteiger partial charge in [0.25, 0.3) is 0 Å². The molecule has 0 amide bonds. The van der Waals surface area contributed by atoms with Crippen molar-refractivity contribution in [3.63, 3.8) is 0 Å². The van der Waals surface area contributed by atoms with E-state index in [4.69, 9.17) is 46.0 Å². The molecule has 0 atom stereocenters. The van der Waals surface area contributed by atoms with Crippen LogP contribution in [-0.2, 0) is 13.7 Å². The third-order valence-corrected chi connectivity index (χ3v) is 18.8. The first kappa shape index (κ1) is 69.2. The van der Waals surface area contributed by atoms with Gasteiger partial charge in [0.15, 0.2) is 0 Å². The molecule has 55 heavy (non-hydrogen) atoms. The van der Waals surface area contributed by atoms with E-state index in [0.717, 1.165) is 55.5 Å². The molecule has 0 aliphatic rings. The van der Waals surface area contributed by atoms with Crippen molar-refractivity contribution in [3.05, 3.63) is 46.0 Å². The molecule has 0 radical (unpaired) electrons. The molecule has 0 aromatic carbocycles. The van der Waals surface area contributed by atoms with Gasteiger partial charge in [0.05, 0.1) is 36.7 Å². The van der Waals surface area contributed by atoms with Crippen molar-refractivity contribution in [1.29, 1.82) is 0 Å². The molecular formula is C36H81HoN3O12P3. The van der Waals surface area contributed by atoms with Crippen LogP contribution in [0.5, 0.6) is 0 Å². The summed E-state index contributed by atoms with van der Waals surface area (Å²) in [7, 11) is -5.66. The second-order valence-corrected chi connectivity index (χ2v) is 27.7. The van der Waals surface area contributed by atoms with E-state index in [1.165, 1.54) is 0 Å². The Balaban J connectivity index is -0.000000108. The molecule has 0 spiro atoms. The predicted octanol–water partition coefficient (Wildman–Crippen LogP) is 12.2. The second kappa shape index (κ2) is 37.8. The molecular weight excluding hydrogens is 924 g/mol. The molecule has 0 unspecified atom stereocenters. The fourth-order valence-electron chi connectivity index (χ4n) is 6.66. The Bertz CT molecular complexity index is 860. The first-order chi connectivity index (χ1) is 23.9. The largest absolute Gasteiger partial charge is 3.00 e. The summed E-state index contributed by atoms with van der Waals surface area (Å²) in [4.78, 5) is 24.8. The van der Waals surface area contributed by atoms with E-state index < -0.39 is 36.7 Å².